The van der Waals surface area contributed by atoms with Crippen LogP contribution in [0.1, 0.15) is 31.4 Å². The first-order chi connectivity index (χ1) is 10.2. The van der Waals surface area contributed by atoms with E-state index in [1.165, 1.54) is 0 Å². The highest BCUT2D eigenvalue weighted by Gasteiger charge is 2.33. The molecule has 1 aromatic carbocycles. The van der Waals surface area contributed by atoms with E-state index in [4.69, 9.17) is 0 Å². The molecule has 0 bridgehead atoms. The molecule has 0 aromatic heterocycles. The molecule has 21 heavy (non-hydrogen) atoms. The fourth-order valence-electron chi connectivity index (χ4n) is 2.65. The summed E-state index contributed by atoms with van der Waals surface area (Å²) in [7, 11) is 0. The van der Waals surface area contributed by atoms with Crippen LogP contribution in [0.4, 0.5) is 0 Å². The zero-order valence-electron chi connectivity index (χ0n) is 12.5. The summed E-state index contributed by atoms with van der Waals surface area (Å²) >= 11 is 1.74. The Morgan fingerprint density at radius 2 is 2.05 bits per heavy atom. The lowest BCUT2D eigenvalue weighted by Crippen LogP contribution is -2.45. The van der Waals surface area contributed by atoms with Crippen LogP contribution in [0.5, 0.6) is 0 Å². The van der Waals surface area contributed by atoms with Crippen molar-refractivity contribution in [2.75, 3.05) is 18.6 Å². The van der Waals surface area contributed by atoms with Gasteiger partial charge in [0.15, 0.2) is 0 Å². The first kappa shape index (κ1) is 15.9. The highest BCUT2D eigenvalue weighted by atomic mass is 32.2. The Balaban J connectivity index is 2.28. The van der Waals surface area contributed by atoms with E-state index in [1.54, 1.807) is 11.8 Å². The van der Waals surface area contributed by atoms with Crippen LogP contribution >= 0.6 is 11.8 Å². The summed E-state index contributed by atoms with van der Waals surface area (Å²) in [6.45, 7) is 2.60. The Hall–Kier alpha value is -1.49. The van der Waals surface area contributed by atoms with Gasteiger partial charge in [0.2, 0.25) is 11.8 Å². The van der Waals surface area contributed by atoms with Gasteiger partial charge in [-0.15, -0.1) is 0 Å². The maximum absolute atomic E-state index is 12.9. The molecule has 0 saturated carbocycles. The molecule has 2 amide bonds. The van der Waals surface area contributed by atoms with Gasteiger partial charge in [0.1, 0.15) is 6.04 Å². The summed E-state index contributed by atoms with van der Waals surface area (Å²) in [6, 6.07) is 9.10. The number of benzene rings is 1. The zero-order chi connectivity index (χ0) is 15.2. The summed E-state index contributed by atoms with van der Waals surface area (Å²) in [6.07, 6.45) is 3.32. The molecule has 1 fully saturated rings. The minimum Gasteiger partial charge on any atom is -0.340 e. The van der Waals surface area contributed by atoms with Crippen LogP contribution in [0.2, 0.25) is 0 Å². The molecule has 0 spiro atoms. The van der Waals surface area contributed by atoms with Crippen LogP contribution < -0.4 is 5.32 Å². The molecule has 2 rings (SSSR count). The topological polar surface area (TPSA) is 49.4 Å². The van der Waals surface area contributed by atoms with Crippen LogP contribution in [0, 0.1) is 0 Å². The molecule has 114 valence electrons. The SMILES string of the molecule is CCC(CSC)N1CCC(=O)NC(c2ccccc2)C1=O. The van der Waals surface area contributed by atoms with Crippen molar-refractivity contribution < 1.29 is 9.59 Å². The van der Waals surface area contributed by atoms with Gasteiger partial charge in [-0.25, -0.2) is 0 Å². The molecule has 0 aliphatic carbocycles. The van der Waals surface area contributed by atoms with Gasteiger partial charge in [-0.3, -0.25) is 9.59 Å². The summed E-state index contributed by atoms with van der Waals surface area (Å²) in [5.41, 5.74) is 0.849. The van der Waals surface area contributed by atoms with Gasteiger partial charge >= 0.3 is 0 Å². The van der Waals surface area contributed by atoms with Gasteiger partial charge in [-0.1, -0.05) is 37.3 Å². The van der Waals surface area contributed by atoms with Gasteiger partial charge in [0.05, 0.1) is 0 Å². The molecule has 1 heterocycles. The lowest BCUT2D eigenvalue weighted by molar-refractivity contribution is -0.135. The third kappa shape index (κ3) is 3.79. The largest absolute Gasteiger partial charge is 0.340 e. The molecule has 1 aliphatic rings. The standard InChI is InChI=1S/C16H22N2O2S/c1-3-13(11-21-2)18-10-9-14(19)17-15(16(18)20)12-7-5-4-6-8-12/h4-8,13,15H,3,9-11H2,1-2H3,(H,17,19). The minimum atomic E-state index is -0.558. The number of nitrogens with one attached hydrogen (secondary N) is 1. The second kappa shape index (κ2) is 7.50. The van der Waals surface area contributed by atoms with E-state index >= 15 is 0 Å². The highest BCUT2D eigenvalue weighted by molar-refractivity contribution is 7.98. The van der Waals surface area contributed by atoms with Gasteiger partial charge < -0.3 is 10.2 Å². The lowest BCUT2D eigenvalue weighted by atomic mass is 10.0. The maximum atomic E-state index is 12.9. The molecule has 1 aromatic rings. The van der Waals surface area contributed by atoms with E-state index in [0.29, 0.717) is 13.0 Å². The molecule has 2 unspecified atom stereocenters. The van der Waals surface area contributed by atoms with Crippen LogP contribution in [-0.2, 0) is 9.59 Å². The number of nitrogens with zero attached hydrogens (tertiary/aromatic N) is 1. The van der Waals surface area contributed by atoms with Crippen LogP contribution in [0.3, 0.4) is 0 Å². The molecule has 4 nitrogen and oxygen atoms in total. The third-order valence-corrected chi connectivity index (χ3v) is 4.54. The van der Waals surface area contributed by atoms with E-state index in [1.807, 2.05) is 41.5 Å². The number of amides is 2. The smallest absolute Gasteiger partial charge is 0.250 e. The van der Waals surface area contributed by atoms with Crippen molar-refractivity contribution in [3.05, 3.63) is 35.9 Å². The summed E-state index contributed by atoms with van der Waals surface area (Å²) in [5.74, 6) is 0.851. The quantitative estimate of drug-likeness (QED) is 0.907. The number of carbonyl (C=O) groups excluding carboxylic acids is 2. The zero-order valence-corrected chi connectivity index (χ0v) is 13.4. The lowest BCUT2D eigenvalue weighted by Gasteiger charge is -2.31. The molecule has 2 atom stereocenters. The average Bonchev–Trinajstić information content (AvgIpc) is 2.65. The molecule has 0 radical (unpaired) electrons. The highest BCUT2D eigenvalue weighted by Crippen LogP contribution is 2.22. The molecule has 1 N–H and O–H groups in total. The molecule has 5 heteroatoms. The van der Waals surface area contributed by atoms with E-state index in [-0.39, 0.29) is 17.9 Å². The van der Waals surface area contributed by atoms with Crippen molar-refractivity contribution in [3.8, 4) is 0 Å². The van der Waals surface area contributed by atoms with Crippen LogP contribution in [-0.4, -0.2) is 41.3 Å². The third-order valence-electron chi connectivity index (χ3n) is 3.82. The fourth-order valence-corrected chi connectivity index (χ4v) is 3.45. The first-order valence-electron chi connectivity index (χ1n) is 7.31. The molecular formula is C16H22N2O2S. The number of rotatable bonds is 5. The van der Waals surface area contributed by atoms with E-state index < -0.39 is 6.04 Å². The summed E-state index contributed by atoms with van der Waals surface area (Å²) in [5, 5.41) is 2.86. The van der Waals surface area contributed by atoms with E-state index in [0.717, 1.165) is 17.7 Å². The van der Waals surface area contributed by atoms with E-state index in [2.05, 4.69) is 12.2 Å². The molecular weight excluding hydrogens is 284 g/mol. The van der Waals surface area contributed by atoms with Gasteiger partial charge in [0.25, 0.3) is 0 Å². The van der Waals surface area contributed by atoms with Gasteiger partial charge in [0, 0.05) is 24.8 Å². The Bertz CT molecular complexity index is 492. The number of thioether (sulfide) groups is 1. The first-order valence-corrected chi connectivity index (χ1v) is 8.70. The fraction of sp³-hybridized carbons (Fsp3) is 0.500. The van der Waals surface area contributed by atoms with Crippen molar-refractivity contribution in [1.82, 2.24) is 10.2 Å². The van der Waals surface area contributed by atoms with E-state index in [9.17, 15) is 9.59 Å². The Kier molecular flexibility index (Phi) is 5.67. The van der Waals surface area contributed by atoms with Crippen LogP contribution in [0.25, 0.3) is 0 Å². The number of carbonyl (C=O) groups is 2. The monoisotopic (exact) mass is 306 g/mol. The minimum absolute atomic E-state index is 0.00736. The van der Waals surface area contributed by atoms with Crippen molar-refractivity contribution in [1.29, 1.82) is 0 Å². The second-order valence-electron chi connectivity index (χ2n) is 5.21. The van der Waals surface area contributed by atoms with Gasteiger partial charge in [-0.2, -0.15) is 11.8 Å². The Morgan fingerprint density at radius 3 is 2.67 bits per heavy atom. The predicted molar refractivity (Wildman–Crippen MR) is 86.1 cm³/mol. The van der Waals surface area contributed by atoms with Crippen molar-refractivity contribution in [2.24, 2.45) is 0 Å². The predicted octanol–water partition coefficient (Wildman–Crippen LogP) is 2.22. The maximum Gasteiger partial charge on any atom is 0.250 e. The van der Waals surface area contributed by atoms with Crippen LogP contribution in [0.15, 0.2) is 30.3 Å². The number of hydrogen-bond donors (Lipinski definition) is 1. The summed E-state index contributed by atoms with van der Waals surface area (Å²) < 4.78 is 0. The average molecular weight is 306 g/mol. The number of hydrogen-bond acceptors (Lipinski definition) is 3. The van der Waals surface area contributed by atoms with Crippen molar-refractivity contribution in [2.45, 2.75) is 31.8 Å². The Labute approximate surface area is 130 Å². The molecule has 1 aliphatic heterocycles. The van der Waals surface area contributed by atoms with Gasteiger partial charge in [-0.05, 0) is 18.2 Å². The molecule has 1 saturated heterocycles. The Morgan fingerprint density at radius 1 is 1.33 bits per heavy atom. The normalized spacial score (nSPS) is 20.9. The van der Waals surface area contributed by atoms with Crippen molar-refractivity contribution in [3.63, 3.8) is 0 Å². The van der Waals surface area contributed by atoms with Crippen molar-refractivity contribution >= 4 is 23.6 Å². The summed E-state index contributed by atoms with van der Waals surface area (Å²) in [4.78, 5) is 26.7. The second-order valence-corrected chi connectivity index (χ2v) is 6.12.